The molecular weight excluding hydrogens is 277 g/mol. The average Bonchev–Trinajstić information content (AvgIpc) is 2.34. The first-order valence-corrected chi connectivity index (χ1v) is 4.56. The number of hydrogen-bond acceptors (Lipinski definition) is 4. The third-order valence-corrected chi connectivity index (χ3v) is 2.02. The van der Waals surface area contributed by atoms with Crippen LogP contribution in [0, 0.1) is 29.1 Å². The first-order chi connectivity index (χ1) is 8.31. The Balaban J connectivity index is 0.00000324. The van der Waals surface area contributed by atoms with Crippen LogP contribution in [-0.4, -0.2) is 19.4 Å². The molecular formula is C10H10F5NO3. The molecule has 0 fully saturated rings. The van der Waals surface area contributed by atoms with E-state index >= 15 is 0 Å². The minimum Gasteiger partial charge on any atom is -0.432 e. The molecule has 3 N–H and O–H groups in total. The maximum atomic E-state index is 13.1. The third-order valence-electron chi connectivity index (χ3n) is 2.02. The number of carbonyl (C=O) groups is 1. The summed E-state index contributed by atoms with van der Waals surface area (Å²) in [6, 6.07) is 0. The van der Waals surface area contributed by atoms with E-state index in [0.29, 0.717) is 0 Å². The van der Waals surface area contributed by atoms with Gasteiger partial charge in [0.1, 0.15) is 5.56 Å². The van der Waals surface area contributed by atoms with Gasteiger partial charge in [0.15, 0.2) is 29.6 Å². The first-order valence-electron chi connectivity index (χ1n) is 4.56. The van der Waals surface area contributed by atoms with Gasteiger partial charge in [-0.05, 0) is 6.92 Å². The highest BCUT2D eigenvalue weighted by atomic mass is 19.2. The van der Waals surface area contributed by atoms with Crippen LogP contribution in [0.1, 0.15) is 17.3 Å². The van der Waals surface area contributed by atoms with Crippen LogP contribution in [0.5, 0.6) is 0 Å². The predicted octanol–water partition coefficient (Wildman–Crippen LogP) is 2.69. The summed E-state index contributed by atoms with van der Waals surface area (Å²) in [6.07, 6.45) is -1.20. The molecule has 0 aliphatic carbocycles. The van der Waals surface area contributed by atoms with Crippen molar-refractivity contribution in [2.75, 3.05) is 7.11 Å². The lowest BCUT2D eigenvalue weighted by atomic mass is 10.1. The zero-order chi connectivity index (χ0) is 14.0. The molecule has 0 heterocycles. The van der Waals surface area contributed by atoms with Crippen LogP contribution in [0.2, 0.25) is 0 Å². The molecule has 0 aromatic heterocycles. The predicted molar refractivity (Wildman–Crippen MR) is 53.1 cm³/mol. The molecule has 0 saturated heterocycles. The van der Waals surface area contributed by atoms with Crippen LogP contribution in [0.3, 0.4) is 0 Å². The lowest BCUT2D eigenvalue weighted by Crippen LogP contribution is -2.20. The second-order valence-electron chi connectivity index (χ2n) is 3.15. The Bertz CT molecular complexity index is 466. The van der Waals surface area contributed by atoms with E-state index in [0.717, 1.165) is 7.11 Å². The van der Waals surface area contributed by atoms with Crippen LogP contribution >= 0.6 is 0 Å². The van der Waals surface area contributed by atoms with E-state index in [9.17, 15) is 26.7 Å². The normalized spacial score (nSPS) is 11.7. The maximum absolute atomic E-state index is 13.1. The monoisotopic (exact) mass is 287 g/mol. The van der Waals surface area contributed by atoms with Gasteiger partial charge in [0, 0.05) is 7.11 Å². The summed E-state index contributed by atoms with van der Waals surface area (Å²) in [5.74, 6) is -13.0. The topological polar surface area (TPSA) is 70.5 Å². The fourth-order valence-electron chi connectivity index (χ4n) is 1.04. The number of rotatable bonds is 3. The minimum absolute atomic E-state index is 0. The Morgan fingerprint density at radius 1 is 0.947 bits per heavy atom. The van der Waals surface area contributed by atoms with Crippen molar-refractivity contribution in [2.45, 2.75) is 13.2 Å². The highest BCUT2D eigenvalue weighted by Crippen LogP contribution is 2.23. The van der Waals surface area contributed by atoms with Crippen molar-refractivity contribution in [3.05, 3.63) is 34.6 Å². The second kappa shape index (κ2) is 6.43. The summed E-state index contributed by atoms with van der Waals surface area (Å²) in [6.45, 7) is 1.20. The number of hydrogen-bond donors (Lipinski definition) is 1. The van der Waals surface area contributed by atoms with Gasteiger partial charge in [-0.3, -0.25) is 0 Å². The number of ether oxygens (including phenoxy) is 2. The fourth-order valence-corrected chi connectivity index (χ4v) is 1.04. The molecule has 108 valence electrons. The molecule has 19 heavy (non-hydrogen) atoms. The van der Waals surface area contributed by atoms with Gasteiger partial charge in [-0.1, -0.05) is 0 Å². The number of carbonyl (C=O) groups excluding carboxylic acids is 1. The van der Waals surface area contributed by atoms with Crippen molar-refractivity contribution >= 4 is 5.97 Å². The Morgan fingerprint density at radius 3 is 1.68 bits per heavy atom. The summed E-state index contributed by atoms with van der Waals surface area (Å²) in [5.41, 5.74) is -1.66. The van der Waals surface area contributed by atoms with E-state index < -0.39 is 46.9 Å². The van der Waals surface area contributed by atoms with Gasteiger partial charge in [-0.2, -0.15) is 0 Å². The van der Waals surface area contributed by atoms with Crippen LogP contribution in [0.25, 0.3) is 0 Å². The van der Waals surface area contributed by atoms with Gasteiger partial charge in [-0.15, -0.1) is 0 Å². The molecule has 0 radical (unpaired) electrons. The van der Waals surface area contributed by atoms with Crippen LogP contribution in [0.15, 0.2) is 0 Å². The molecule has 1 rings (SSSR count). The maximum Gasteiger partial charge on any atom is 0.346 e. The Labute approximate surface area is 104 Å². The zero-order valence-electron chi connectivity index (χ0n) is 9.90. The van der Waals surface area contributed by atoms with E-state index in [1.165, 1.54) is 6.92 Å². The summed E-state index contributed by atoms with van der Waals surface area (Å²) in [5, 5.41) is 0. The van der Waals surface area contributed by atoms with Crippen molar-refractivity contribution in [1.82, 2.24) is 6.15 Å². The van der Waals surface area contributed by atoms with Gasteiger partial charge < -0.3 is 15.6 Å². The minimum atomic E-state index is -2.35. The molecule has 0 spiro atoms. The smallest absolute Gasteiger partial charge is 0.346 e. The van der Waals surface area contributed by atoms with Crippen molar-refractivity contribution in [2.24, 2.45) is 0 Å². The SMILES string of the molecule is COC(C)OC(=O)c1c(F)c(F)c(F)c(F)c1F.N. The highest BCUT2D eigenvalue weighted by Gasteiger charge is 2.31. The molecule has 0 amide bonds. The van der Waals surface area contributed by atoms with Crippen molar-refractivity contribution in [3.63, 3.8) is 0 Å². The van der Waals surface area contributed by atoms with Gasteiger partial charge in [0.05, 0.1) is 0 Å². The van der Waals surface area contributed by atoms with Crippen molar-refractivity contribution in [3.8, 4) is 0 Å². The first kappa shape index (κ1) is 17.3. The van der Waals surface area contributed by atoms with Gasteiger partial charge >= 0.3 is 5.97 Å². The molecule has 1 aromatic rings. The van der Waals surface area contributed by atoms with Crippen LogP contribution in [0.4, 0.5) is 22.0 Å². The molecule has 4 nitrogen and oxygen atoms in total. The molecule has 0 bridgehead atoms. The second-order valence-corrected chi connectivity index (χ2v) is 3.15. The van der Waals surface area contributed by atoms with Gasteiger partial charge in [0.25, 0.3) is 0 Å². The van der Waals surface area contributed by atoms with Crippen LogP contribution < -0.4 is 6.15 Å². The average molecular weight is 287 g/mol. The molecule has 0 aliphatic rings. The van der Waals surface area contributed by atoms with E-state index in [1.54, 1.807) is 0 Å². The van der Waals surface area contributed by atoms with Gasteiger partial charge in [-0.25, -0.2) is 26.7 Å². The Kier molecular flexibility index (Phi) is 5.84. The Morgan fingerprint density at radius 2 is 1.32 bits per heavy atom. The number of esters is 1. The molecule has 1 aromatic carbocycles. The fraction of sp³-hybridized carbons (Fsp3) is 0.300. The van der Waals surface area contributed by atoms with E-state index in [2.05, 4.69) is 9.47 Å². The molecule has 1 unspecified atom stereocenters. The quantitative estimate of drug-likeness (QED) is 0.305. The van der Waals surface area contributed by atoms with Crippen molar-refractivity contribution in [1.29, 1.82) is 0 Å². The third kappa shape index (κ3) is 3.18. The Hall–Kier alpha value is -1.74. The van der Waals surface area contributed by atoms with E-state index in [4.69, 9.17) is 0 Å². The number of methoxy groups -OCH3 is 1. The van der Waals surface area contributed by atoms with E-state index in [1.807, 2.05) is 0 Å². The molecule has 0 aliphatic heterocycles. The standard InChI is InChI=1S/C10H7F5O3.H3N/c1-3(17-2)18-10(16)4-5(11)7(13)9(15)8(14)6(4)12;/h3H,1-2H3;1H3. The van der Waals surface area contributed by atoms with E-state index in [-0.39, 0.29) is 6.15 Å². The molecule has 9 heteroatoms. The zero-order valence-corrected chi connectivity index (χ0v) is 9.90. The summed E-state index contributed by atoms with van der Waals surface area (Å²) >= 11 is 0. The summed E-state index contributed by atoms with van der Waals surface area (Å²) in [7, 11) is 1.12. The molecule has 0 saturated carbocycles. The largest absolute Gasteiger partial charge is 0.432 e. The lowest BCUT2D eigenvalue weighted by Gasteiger charge is -2.12. The van der Waals surface area contributed by atoms with Gasteiger partial charge in [0.2, 0.25) is 5.82 Å². The summed E-state index contributed by atoms with van der Waals surface area (Å²) in [4.78, 5) is 11.2. The molecule has 1 atom stereocenters. The van der Waals surface area contributed by atoms with Crippen LogP contribution in [-0.2, 0) is 9.47 Å². The summed E-state index contributed by atoms with van der Waals surface area (Å²) < 4.78 is 73.3. The number of halogens is 5. The number of benzene rings is 1. The van der Waals surface area contributed by atoms with Crippen molar-refractivity contribution < 1.29 is 36.2 Å². The highest BCUT2D eigenvalue weighted by molar-refractivity contribution is 5.90. The lowest BCUT2D eigenvalue weighted by molar-refractivity contribution is -0.0779.